The van der Waals surface area contributed by atoms with Crippen LogP contribution in [-0.4, -0.2) is 48.1 Å². The summed E-state index contributed by atoms with van der Waals surface area (Å²) in [5.41, 5.74) is 1.04. The number of rotatable bonds is 4. The Hall–Kier alpha value is -1.46. The highest BCUT2D eigenvalue weighted by molar-refractivity contribution is 5.79. The molecule has 22 heavy (non-hydrogen) atoms. The summed E-state index contributed by atoms with van der Waals surface area (Å²) in [5.74, 6) is 0.571. The van der Waals surface area contributed by atoms with E-state index in [1.54, 1.807) is 12.4 Å². The van der Waals surface area contributed by atoms with E-state index >= 15 is 0 Å². The van der Waals surface area contributed by atoms with Gasteiger partial charge in [0.05, 0.1) is 6.10 Å². The Labute approximate surface area is 132 Å². The predicted molar refractivity (Wildman–Crippen MR) is 84.2 cm³/mol. The standard InChI is InChI=1S/C17H25N3O2/c1-2-20-8-5-16-15(12-20)14(6-9-22-16)17(21)19-11-13-4-3-7-18-10-13/h3-4,7,10,14-16H,2,5-6,8-9,11-12H2,1H3,(H,19,21)/t14-,15-,16-/m1/s1. The molecule has 1 N–H and O–H groups in total. The molecule has 2 saturated heterocycles. The van der Waals surface area contributed by atoms with Gasteiger partial charge < -0.3 is 15.0 Å². The number of hydrogen-bond donors (Lipinski definition) is 1. The first-order valence-corrected chi connectivity index (χ1v) is 8.28. The van der Waals surface area contributed by atoms with E-state index in [0.717, 1.165) is 38.0 Å². The van der Waals surface area contributed by atoms with Gasteiger partial charge >= 0.3 is 0 Å². The molecule has 3 atom stereocenters. The molecule has 5 nitrogen and oxygen atoms in total. The normalized spacial score (nSPS) is 28.9. The molecule has 1 amide bonds. The van der Waals surface area contributed by atoms with Gasteiger partial charge in [0, 0.05) is 50.5 Å². The molecule has 3 heterocycles. The first kappa shape index (κ1) is 15.4. The van der Waals surface area contributed by atoms with Gasteiger partial charge in [-0.2, -0.15) is 0 Å². The van der Waals surface area contributed by atoms with E-state index in [1.165, 1.54) is 0 Å². The summed E-state index contributed by atoms with van der Waals surface area (Å²) >= 11 is 0. The molecule has 0 saturated carbocycles. The van der Waals surface area contributed by atoms with Crippen LogP contribution in [0.1, 0.15) is 25.3 Å². The van der Waals surface area contributed by atoms with Gasteiger partial charge in [0.25, 0.3) is 0 Å². The summed E-state index contributed by atoms with van der Waals surface area (Å²) in [6, 6.07) is 3.88. The Kier molecular flexibility index (Phi) is 5.05. The van der Waals surface area contributed by atoms with Crippen LogP contribution in [0.2, 0.25) is 0 Å². The van der Waals surface area contributed by atoms with E-state index in [9.17, 15) is 4.79 Å². The van der Waals surface area contributed by atoms with Gasteiger partial charge in [-0.15, -0.1) is 0 Å². The molecule has 2 aliphatic rings. The lowest BCUT2D eigenvalue weighted by atomic mass is 9.79. The van der Waals surface area contributed by atoms with Crippen LogP contribution in [0.25, 0.3) is 0 Å². The second-order valence-corrected chi connectivity index (χ2v) is 6.23. The molecule has 1 aromatic rings. The lowest BCUT2D eigenvalue weighted by Crippen LogP contribution is -2.53. The minimum absolute atomic E-state index is 0.0739. The topological polar surface area (TPSA) is 54.5 Å². The first-order chi connectivity index (χ1) is 10.8. The molecule has 120 valence electrons. The van der Waals surface area contributed by atoms with Crippen LogP contribution >= 0.6 is 0 Å². The quantitative estimate of drug-likeness (QED) is 0.914. The summed E-state index contributed by atoms with van der Waals surface area (Å²) < 4.78 is 5.90. The van der Waals surface area contributed by atoms with Crippen molar-refractivity contribution in [1.82, 2.24) is 15.2 Å². The number of nitrogens with one attached hydrogen (secondary N) is 1. The number of ether oxygens (including phenoxy) is 1. The number of aromatic nitrogens is 1. The van der Waals surface area contributed by atoms with Gasteiger partial charge in [0.1, 0.15) is 0 Å². The van der Waals surface area contributed by atoms with Crippen LogP contribution in [0, 0.1) is 11.8 Å². The summed E-state index contributed by atoms with van der Waals surface area (Å²) in [5, 5.41) is 3.08. The second kappa shape index (κ2) is 7.20. The van der Waals surface area contributed by atoms with Crippen molar-refractivity contribution in [1.29, 1.82) is 0 Å². The summed E-state index contributed by atoms with van der Waals surface area (Å²) in [6.45, 7) is 6.56. The molecule has 0 aliphatic carbocycles. The molecule has 3 rings (SSSR count). The minimum Gasteiger partial charge on any atom is -0.378 e. The Balaban J connectivity index is 1.60. The molecular weight excluding hydrogens is 278 g/mol. The monoisotopic (exact) mass is 303 g/mol. The Morgan fingerprint density at radius 3 is 3.18 bits per heavy atom. The van der Waals surface area contributed by atoms with Crippen molar-refractivity contribution in [2.24, 2.45) is 11.8 Å². The molecule has 1 aromatic heterocycles. The van der Waals surface area contributed by atoms with E-state index < -0.39 is 0 Å². The van der Waals surface area contributed by atoms with E-state index in [1.807, 2.05) is 12.1 Å². The summed E-state index contributed by atoms with van der Waals surface area (Å²) in [7, 11) is 0. The number of pyridine rings is 1. The van der Waals surface area contributed by atoms with Gasteiger partial charge in [-0.25, -0.2) is 0 Å². The van der Waals surface area contributed by atoms with Gasteiger partial charge in [-0.1, -0.05) is 13.0 Å². The number of carbonyl (C=O) groups is 1. The molecular formula is C17H25N3O2. The summed E-state index contributed by atoms with van der Waals surface area (Å²) in [6.07, 6.45) is 5.68. The van der Waals surface area contributed by atoms with Crippen LogP contribution < -0.4 is 5.32 Å². The van der Waals surface area contributed by atoms with Crippen molar-refractivity contribution in [3.8, 4) is 0 Å². The summed E-state index contributed by atoms with van der Waals surface area (Å²) in [4.78, 5) is 19.1. The Bertz CT molecular complexity index is 494. The highest BCUT2D eigenvalue weighted by atomic mass is 16.5. The van der Waals surface area contributed by atoms with E-state index in [4.69, 9.17) is 4.74 Å². The van der Waals surface area contributed by atoms with E-state index in [2.05, 4.69) is 22.1 Å². The molecule has 0 spiro atoms. The fourth-order valence-electron chi connectivity index (χ4n) is 3.62. The third-order valence-corrected chi connectivity index (χ3v) is 4.93. The first-order valence-electron chi connectivity index (χ1n) is 8.28. The molecule has 2 fully saturated rings. The fraction of sp³-hybridized carbons (Fsp3) is 0.647. The minimum atomic E-state index is 0.0739. The molecule has 5 heteroatoms. The van der Waals surface area contributed by atoms with Gasteiger partial charge in [0.2, 0.25) is 5.91 Å². The van der Waals surface area contributed by atoms with Crippen molar-refractivity contribution >= 4 is 5.91 Å². The van der Waals surface area contributed by atoms with Crippen molar-refractivity contribution < 1.29 is 9.53 Å². The van der Waals surface area contributed by atoms with Crippen molar-refractivity contribution in [3.05, 3.63) is 30.1 Å². The van der Waals surface area contributed by atoms with E-state index in [0.29, 0.717) is 19.1 Å². The SMILES string of the molecule is CCN1CC[C@H]2OCC[C@@H](C(=O)NCc3cccnc3)[C@H]2C1. The zero-order valence-electron chi connectivity index (χ0n) is 13.2. The van der Waals surface area contributed by atoms with Crippen LogP contribution in [0.3, 0.4) is 0 Å². The van der Waals surface area contributed by atoms with Gasteiger partial charge in [-0.05, 0) is 31.0 Å². The maximum Gasteiger partial charge on any atom is 0.223 e. The average molecular weight is 303 g/mol. The highest BCUT2D eigenvalue weighted by Crippen LogP contribution is 2.33. The van der Waals surface area contributed by atoms with Crippen LogP contribution in [-0.2, 0) is 16.1 Å². The number of piperidine rings is 1. The largest absolute Gasteiger partial charge is 0.378 e. The molecule has 0 aromatic carbocycles. The molecule has 2 aliphatic heterocycles. The number of amides is 1. The smallest absolute Gasteiger partial charge is 0.223 e. The van der Waals surface area contributed by atoms with Crippen molar-refractivity contribution in [3.63, 3.8) is 0 Å². The fourth-order valence-corrected chi connectivity index (χ4v) is 3.62. The molecule has 0 bridgehead atoms. The lowest BCUT2D eigenvalue weighted by molar-refractivity contribution is -0.141. The lowest BCUT2D eigenvalue weighted by Gasteiger charge is -2.44. The van der Waals surface area contributed by atoms with Crippen LogP contribution in [0.15, 0.2) is 24.5 Å². The third-order valence-electron chi connectivity index (χ3n) is 4.93. The van der Waals surface area contributed by atoms with E-state index in [-0.39, 0.29) is 17.9 Å². The zero-order chi connectivity index (χ0) is 15.4. The Morgan fingerprint density at radius 1 is 1.50 bits per heavy atom. The number of nitrogens with zero attached hydrogens (tertiary/aromatic N) is 2. The maximum atomic E-state index is 12.6. The van der Waals surface area contributed by atoms with Crippen molar-refractivity contribution in [2.75, 3.05) is 26.2 Å². The number of carbonyl (C=O) groups excluding carboxylic acids is 1. The third kappa shape index (κ3) is 3.47. The number of likely N-dealkylation sites (tertiary alicyclic amines) is 1. The number of fused-ring (bicyclic) bond motifs is 1. The highest BCUT2D eigenvalue weighted by Gasteiger charge is 2.41. The molecule has 0 radical (unpaired) electrons. The molecule has 0 unspecified atom stereocenters. The van der Waals surface area contributed by atoms with Crippen LogP contribution in [0.4, 0.5) is 0 Å². The maximum absolute atomic E-state index is 12.6. The second-order valence-electron chi connectivity index (χ2n) is 6.23. The number of hydrogen-bond acceptors (Lipinski definition) is 4. The Morgan fingerprint density at radius 2 is 2.41 bits per heavy atom. The predicted octanol–water partition coefficient (Wildman–Crippen LogP) is 1.44. The van der Waals surface area contributed by atoms with Crippen molar-refractivity contribution in [2.45, 2.75) is 32.4 Å². The zero-order valence-corrected chi connectivity index (χ0v) is 13.2. The van der Waals surface area contributed by atoms with Crippen LogP contribution in [0.5, 0.6) is 0 Å². The van der Waals surface area contributed by atoms with Gasteiger partial charge in [0.15, 0.2) is 0 Å². The van der Waals surface area contributed by atoms with Gasteiger partial charge in [-0.3, -0.25) is 9.78 Å². The average Bonchev–Trinajstić information content (AvgIpc) is 2.59.